The van der Waals surface area contributed by atoms with Gasteiger partial charge in [0.05, 0.1) is 5.54 Å². The van der Waals surface area contributed by atoms with Crippen LogP contribution in [0.4, 0.5) is 10.1 Å². The number of aromatic nitrogens is 5. The highest BCUT2D eigenvalue weighted by atomic mass is 19.1. The molecule has 3 heterocycles. The van der Waals surface area contributed by atoms with Crippen LogP contribution < -0.4 is 10.5 Å². The van der Waals surface area contributed by atoms with Crippen LogP contribution in [0, 0.1) is 5.82 Å². The number of aryl methyl sites for hydroxylation is 1. The first-order valence-corrected chi connectivity index (χ1v) is 13.0. The van der Waals surface area contributed by atoms with Crippen molar-refractivity contribution >= 4 is 16.6 Å². The molecule has 1 atom stereocenters. The van der Waals surface area contributed by atoms with Crippen molar-refractivity contribution < 1.29 is 4.39 Å². The van der Waals surface area contributed by atoms with Crippen LogP contribution in [0.2, 0.25) is 0 Å². The van der Waals surface area contributed by atoms with Gasteiger partial charge in [-0.3, -0.25) is 9.69 Å². The lowest BCUT2D eigenvalue weighted by atomic mass is 9.98. The smallest absolute Gasteiger partial charge is 0.253 e. The minimum atomic E-state index is -0.408. The highest BCUT2D eigenvalue weighted by Crippen LogP contribution is 2.32. The van der Waals surface area contributed by atoms with Gasteiger partial charge in [-0.15, -0.1) is 5.10 Å². The molecule has 1 saturated heterocycles. The maximum atomic E-state index is 13.5. The number of nitrogens with zero attached hydrogens (tertiary/aromatic N) is 6. The van der Waals surface area contributed by atoms with Gasteiger partial charge in [0.15, 0.2) is 5.82 Å². The fraction of sp³-hybridized carbons (Fsp3) is 0.429. The van der Waals surface area contributed by atoms with Crippen LogP contribution in [0.5, 0.6) is 0 Å². The van der Waals surface area contributed by atoms with Gasteiger partial charge in [0.25, 0.3) is 5.56 Å². The largest absolute Gasteiger partial charge is 0.369 e. The number of fused-ring (bicyclic) bond motifs is 1. The minimum absolute atomic E-state index is 0.133. The zero-order valence-corrected chi connectivity index (χ0v) is 21.9. The summed E-state index contributed by atoms with van der Waals surface area (Å²) in [5.41, 5.74) is 3.22. The summed E-state index contributed by atoms with van der Waals surface area (Å²) in [4.78, 5) is 21.1. The van der Waals surface area contributed by atoms with Gasteiger partial charge in [-0.1, -0.05) is 19.9 Å². The van der Waals surface area contributed by atoms with Gasteiger partial charge in [-0.05, 0) is 90.5 Å². The lowest BCUT2D eigenvalue weighted by Gasteiger charge is -2.40. The Hall–Kier alpha value is -3.59. The van der Waals surface area contributed by atoms with E-state index < -0.39 is 6.04 Å². The molecule has 0 aliphatic carbocycles. The quantitative estimate of drug-likeness (QED) is 0.406. The highest BCUT2D eigenvalue weighted by Gasteiger charge is 2.35. The standard InChI is InChI=1S/C28H34FN7O/c1-5-19-7-12-24-20(17-19)18-23(27(37)30-24)25(26-31-32-33-36(26)28(3,4)6-2)35-15-13-34(14-16-35)22-10-8-21(29)9-11-22/h7-12,17-18,25H,5-6,13-16H2,1-4H3,(H,30,37). The number of tetrazole rings is 1. The zero-order valence-electron chi connectivity index (χ0n) is 21.9. The topological polar surface area (TPSA) is 82.9 Å². The second-order valence-corrected chi connectivity index (χ2v) is 10.3. The molecule has 1 aliphatic rings. The summed E-state index contributed by atoms with van der Waals surface area (Å²) >= 11 is 0. The van der Waals surface area contributed by atoms with Crippen molar-refractivity contribution in [1.29, 1.82) is 0 Å². The number of piperazine rings is 1. The van der Waals surface area contributed by atoms with E-state index in [4.69, 9.17) is 0 Å². The van der Waals surface area contributed by atoms with E-state index in [1.54, 1.807) is 0 Å². The van der Waals surface area contributed by atoms with Gasteiger partial charge in [0.1, 0.15) is 11.9 Å². The van der Waals surface area contributed by atoms with E-state index >= 15 is 0 Å². The van der Waals surface area contributed by atoms with E-state index in [0.717, 1.165) is 42.5 Å². The van der Waals surface area contributed by atoms with Crippen LogP contribution in [0.15, 0.2) is 53.3 Å². The lowest BCUT2D eigenvalue weighted by molar-refractivity contribution is 0.186. The predicted octanol–water partition coefficient (Wildman–Crippen LogP) is 4.27. The summed E-state index contributed by atoms with van der Waals surface area (Å²) in [5, 5.41) is 13.9. The summed E-state index contributed by atoms with van der Waals surface area (Å²) in [6, 6.07) is 14.4. The van der Waals surface area contributed by atoms with E-state index in [1.165, 1.54) is 17.7 Å². The number of rotatable bonds is 7. The Bertz CT molecular complexity index is 1440. The molecule has 2 aromatic heterocycles. The highest BCUT2D eigenvalue weighted by molar-refractivity contribution is 5.80. The normalized spacial score (nSPS) is 15.9. The number of halogens is 1. The van der Waals surface area contributed by atoms with Gasteiger partial charge >= 0.3 is 0 Å². The number of hydrogen-bond acceptors (Lipinski definition) is 6. The molecular formula is C28H34FN7O. The zero-order chi connectivity index (χ0) is 26.2. The fourth-order valence-corrected chi connectivity index (χ4v) is 5.03. The molecule has 0 bridgehead atoms. The van der Waals surface area contributed by atoms with Crippen LogP contribution in [0.25, 0.3) is 10.9 Å². The Balaban J connectivity index is 1.56. The average Bonchev–Trinajstić information content (AvgIpc) is 3.40. The second-order valence-electron chi connectivity index (χ2n) is 10.3. The van der Waals surface area contributed by atoms with Crippen molar-refractivity contribution in [2.24, 2.45) is 0 Å². The molecule has 1 aliphatic heterocycles. The van der Waals surface area contributed by atoms with E-state index in [0.29, 0.717) is 24.5 Å². The average molecular weight is 504 g/mol. The lowest BCUT2D eigenvalue weighted by Crippen LogP contribution is -2.49. The molecular weight excluding hydrogens is 469 g/mol. The van der Waals surface area contributed by atoms with Crippen LogP contribution in [-0.4, -0.2) is 56.3 Å². The Morgan fingerprint density at radius 3 is 2.43 bits per heavy atom. The summed E-state index contributed by atoms with van der Waals surface area (Å²) in [5.74, 6) is 0.424. The van der Waals surface area contributed by atoms with Gasteiger partial charge in [0.2, 0.25) is 0 Å². The number of nitrogens with one attached hydrogen (secondary N) is 1. The van der Waals surface area contributed by atoms with Crippen molar-refractivity contribution in [2.75, 3.05) is 31.1 Å². The number of aromatic amines is 1. The summed E-state index contributed by atoms with van der Waals surface area (Å²) < 4.78 is 15.3. The SMILES string of the molecule is CCc1ccc2[nH]c(=O)c(C(c3nnnn3C(C)(C)CC)N3CCN(c4ccc(F)cc4)CC3)cc2c1. The van der Waals surface area contributed by atoms with E-state index in [1.807, 2.05) is 28.9 Å². The van der Waals surface area contributed by atoms with Crippen molar-refractivity contribution in [2.45, 2.75) is 52.1 Å². The van der Waals surface area contributed by atoms with E-state index in [2.05, 4.69) is 70.1 Å². The molecule has 1 unspecified atom stereocenters. The summed E-state index contributed by atoms with van der Waals surface area (Å²) in [6.07, 6.45) is 1.76. The molecule has 1 fully saturated rings. The van der Waals surface area contributed by atoms with E-state index in [9.17, 15) is 9.18 Å². The monoisotopic (exact) mass is 503 g/mol. The molecule has 0 spiro atoms. The summed E-state index contributed by atoms with van der Waals surface area (Å²) in [6.45, 7) is 11.3. The molecule has 0 saturated carbocycles. The van der Waals surface area contributed by atoms with E-state index in [-0.39, 0.29) is 16.9 Å². The molecule has 0 radical (unpaired) electrons. The fourth-order valence-electron chi connectivity index (χ4n) is 5.03. The third-order valence-corrected chi connectivity index (χ3v) is 7.69. The maximum Gasteiger partial charge on any atom is 0.253 e. The minimum Gasteiger partial charge on any atom is -0.369 e. The van der Waals surface area contributed by atoms with Crippen LogP contribution in [0.3, 0.4) is 0 Å². The predicted molar refractivity (Wildman–Crippen MR) is 143 cm³/mol. The Kier molecular flexibility index (Phi) is 6.81. The molecule has 8 nitrogen and oxygen atoms in total. The van der Waals surface area contributed by atoms with Gasteiger partial charge in [0, 0.05) is 42.9 Å². The second kappa shape index (κ2) is 10.0. The van der Waals surface area contributed by atoms with Gasteiger partial charge in [-0.2, -0.15) is 0 Å². The van der Waals surface area contributed by atoms with Crippen molar-refractivity contribution in [3.63, 3.8) is 0 Å². The molecule has 0 amide bonds. The number of benzene rings is 2. The van der Waals surface area contributed by atoms with Crippen molar-refractivity contribution in [1.82, 2.24) is 30.1 Å². The summed E-state index contributed by atoms with van der Waals surface area (Å²) in [7, 11) is 0. The molecule has 2 aromatic carbocycles. The molecule has 1 N–H and O–H groups in total. The molecule has 194 valence electrons. The molecule has 9 heteroatoms. The Morgan fingerprint density at radius 2 is 1.76 bits per heavy atom. The first kappa shape index (κ1) is 25.1. The third-order valence-electron chi connectivity index (χ3n) is 7.69. The maximum absolute atomic E-state index is 13.5. The Morgan fingerprint density at radius 1 is 1.03 bits per heavy atom. The van der Waals surface area contributed by atoms with Crippen molar-refractivity contribution in [3.05, 3.63) is 81.7 Å². The number of H-pyrrole nitrogens is 1. The number of hydrogen-bond donors (Lipinski definition) is 1. The van der Waals surface area contributed by atoms with Gasteiger partial charge < -0.3 is 9.88 Å². The Labute approximate surface area is 216 Å². The van der Waals surface area contributed by atoms with Crippen LogP contribution >= 0.6 is 0 Å². The molecule has 37 heavy (non-hydrogen) atoms. The van der Waals surface area contributed by atoms with Crippen LogP contribution in [-0.2, 0) is 12.0 Å². The number of anilines is 1. The first-order valence-electron chi connectivity index (χ1n) is 13.0. The number of pyridine rings is 1. The van der Waals surface area contributed by atoms with Crippen molar-refractivity contribution in [3.8, 4) is 0 Å². The van der Waals surface area contributed by atoms with Gasteiger partial charge in [-0.25, -0.2) is 9.07 Å². The third kappa shape index (κ3) is 4.87. The molecule has 4 aromatic rings. The first-order chi connectivity index (χ1) is 17.8. The molecule has 5 rings (SSSR count). The van der Waals surface area contributed by atoms with Crippen LogP contribution in [0.1, 0.15) is 57.1 Å².